The van der Waals surface area contributed by atoms with Gasteiger partial charge in [-0.15, -0.1) is 0 Å². The summed E-state index contributed by atoms with van der Waals surface area (Å²) < 4.78 is 5.19. The zero-order chi connectivity index (χ0) is 17.5. The second kappa shape index (κ2) is 8.94. The normalized spacial score (nSPS) is 18.5. The molecule has 8 heteroatoms. The van der Waals surface area contributed by atoms with Gasteiger partial charge in [0.05, 0.1) is 12.8 Å². The number of hydrogen-bond acceptors (Lipinski definition) is 5. The molecule has 1 aliphatic rings. The fourth-order valence-electron chi connectivity index (χ4n) is 2.10. The molecule has 0 saturated carbocycles. The van der Waals surface area contributed by atoms with E-state index in [0.29, 0.717) is 28.2 Å². The first-order valence-corrected chi connectivity index (χ1v) is 8.94. The first-order valence-electron chi connectivity index (χ1n) is 7.68. The molecule has 1 fully saturated rings. The molecule has 130 valence electrons. The van der Waals surface area contributed by atoms with E-state index in [9.17, 15) is 9.59 Å². The summed E-state index contributed by atoms with van der Waals surface area (Å²) in [7, 11) is 1.51. The molecular weight excluding hydrogens is 350 g/mol. The Labute approximate surface area is 150 Å². The Hall–Kier alpha value is -1.73. The summed E-state index contributed by atoms with van der Waals surface area (Å²) in [4.78, 5) is 28.5. The Morgan fingerprint density at radius 1 is 1.50 bits per heavy atom. The largest absolute Gasteiger partial charge is 0.495 e. The lowest BCUT2D eigenvalue weighted by Crippen LogP contribution is -2.28. The van der Waals surface area contributed by atoms with Crippen LogP contribution in [-0.2, 0) is 9.59 Å². The van der Waals surface area contributed by atoms with E-state index >= 15 is 0 Å². The molecule has 0 spiro atoms. The van der Waals surface area contributed by atoms with Gasteiger partial charge in [-0.1, -0.05) is 36.7 Å². The number of carbonyl (C=O) groups excluding carboxylic acids is 2. The molecular formula is C16H20ClN3O3S. The molecule has 1 atom stereocenters. The Morgan fingerprint density at radius 2 is 2.29 bits per heavy atom. The van der Waals surface area contributed by atoms with Crippen molar-refractivity contribution in [2.75, 3.05) is 19.0 Å². The van der Waals surface area contributed by atoms with Crippen LogP contribution in [-0.4, -0.2) is 35.9 Å². The minimum absolute atomic E-state index is 0.0545. The van der Waals surface area contributed by atoms with Gasteiger partial charge in [0.25, 0.3) is 0 Å². The predicted octanol–water partition coefficient (Wildman–Crippen LogP) is 3.06. The number of nitrogens with zero attached hydrogens (tertiary/aromatic N) is 1. The maximum absolute atomic E-state index is 12.2. The zero-order valence-corrected chi connectivity index (χ0v) is 15.2. The number of halogens is 1. The lowest BCUT2D eigenvalue weighted by Gasteiger charge is -2.11. The summed E-state index contributed by atoms with van der Waals surface area (Å²) in [6, 6.07) is 4.96. The van der Waals surface area contributed by atoms with E-state index in [1.165, 1.54) is 18.9 Å². The van der Waals surface area contributed by atoms with Gasteiger partial charge in [-0.3, -0.25) is 14.6 Å². The molecule has 0 bridgehead atoms. The number of carbonyl (C=O) groups is 2. The van der Waals surface area contributed by atoms with Gasteiger partial charge in [-0.05, 0) is 24.6 Å². The number of methoxy groups -OCH3 is 1. The van der Waals surface area contributed by atoms with E-state index in [1.54, 1.807) is 18.2 Å². The van der Waals surface area contributed by atoms with Gasteiger partial charge in [-0.25, -0.2) is 0 Å². The second-order valence-electron chi connectivity index (χ2n) is 5.23. The van der Waals surface area contributed by atoms with Gasteiger partial charge in [-0.2, -0.15) is 0 Å². The summed E-state index contributed by atoms with van der Waals surface area (Å²) in [6.45, 7) is 2.76. The number of unbranched alkanes of at least 4 members (excludes halogenated alkanes) is 1. The van der Waals surface area contributed by atoms with E-state index < -0.39 is 5.25 Å². The Morgan fingerprint density at radius 3 is 3.00 bits per heavy atom. The van der Waals surface area contributed by atoms with Crippen molar-refractivity contribution in [2.24, 2.45) is 4.99 Å². The van der Waals surface area contributed by atoms with E-state index in [2.05, 4.69) is 22.5 Å². The van der Waals surface area contributed by atoms with Gasteiger partial charge in [0.2, 0.25) is 11.8 Å². The molecule has 2 rings (SSSR count). The summed E-state index contributed by atoms with van der Waals surface area (Å²) >= 11 is 7.23. The van der Waals surface area contributed by atoms with Crippen LogP contribution in [0.5, 0.6) is 5.75 Å². The highest BCUT2D eigenvalue weighted by Gasteiger charge is 2.32. The molecule has 6 nitrogen and oxygen atoms in total. The number of thioether (sulfide) groups is 1. The summed E-state index contributed by atoms with van der Waals surface area (Å²) in [5.74, 6) is 0.0413. The Balaban J connectivity index is 1.94. The lowest BCUT2D eigenvalue weighted by molar-refractivity contribution is -0.122. The van der Waals surface area contributed by atoms with E-state index in [4.69, 9.17) is 16.3 Å². The monoisotopic (exact) mass is 369 g/mol. The standard InChI is InChI=1S/C16H20ClN3O3S/c1-3-4-7-18-16-20-15(22)13(24-16)9-14(21)19-11-8-10(17)5-6-12(11)23-2/h5-6,8,13H,3-4,7,9H2,1-2H3,(H,19,21)(H,18,20,22). The fourth-order valence-corrected chi connectivity index (χ4v) is 3.27. The van der Waals surface area contributed by atoms with Crippen molar-refractivity contribution in [2.45, 2.75) is 31.4 Å². The van der Waals surface area contributed by atoms with Crippen LogP contribution in [0.1, 0.15) is 26.2 Å². The number of hydrogen-bond donors (Lipinski definition) is 2. The number of ether oxygens (including phenoxy) is 1. The SMILES string of the molecule is CCCCN=C1NC(=O)C(CC(=O)Nc2cc(Cl)ccc2OC)S1. The van der Waals surface area contributed by atoms with E-state index in [0.717, 1.165) is 12.8 Å². The minimum atomic E-state index is -0.476. The van der Waals surface area contributed by atoms with Crippen LogP contribution in [0, 0.1) is 0 Å². The van der Waals surface area contributed by atoms with Gasteiger partial charge < -0.3 is 15.4 Å². The maximum atomic E-state index is 12.2. The quantitative estimate of drug-likeness (QED) is 0.724. The third-order valence-corrected chi connectivity index (χ3v) is 4.70. The van der Waals surface area contributed by atoms with Crippen molar-refractivity contribution in [3.8, 4) is 5.75 Å². The average Bonchev–Trinajstić information content (AvgIpc) is 2.87. The highest BCUT2D eigenvalue weighted by Crippen LogP contribution is 2.29. The van der Waals surface area contributed by atoms with Crippen LogP contribution in [0.15, 0.2) is 23.2 Å². The smallest absolute Gasteiger partial charge is 0.240 e. The average molecular weight is 370 g/mol. The van der Waals surface area contributed by atoms with Gasteiger partial charge in [0, 0.05) is 18.0 Å². The van der Waals surface area contributed by atoms with E-state index in [-0.39, 0.29) is 18.2 Å². The van der Waals surface area contributed by atoms with Crippen LogP contribution in [0.2, 0.25) is 5.02 Å². The number of aliphatic imine (C=N–C) groups is 1. The van der Waals surface area contributed by atoms with Crippen molar-refractivity contribution in [3.05, 3.63) is 23.2 Å². The Kier molecular flexibility index (Phi) is 6.93. The van der Waals surface area contributed by atoms with Crippen LogP contribution < -0.4 is 15.4 Å². The number of rotatable bonds is 7. The molecule has 1 aromatic rings. The molecule has 1 saturated heterocycles. The van der Waals surface area contributed by atoms with Crippen LogP contribution in [0.4, 0.5) is 5.69 Å². The topological polar surface area (TPSA) is 79.8 Å². The zero-order valence-electron chi connectivity index (χ0n) is 13.6. The first-order chi connectivity index (χ1) is 11.5. The van der Waals surface area contributed by atoms with E-state index in [1.807, 2.05) is 0 Å². The maximum Gasteiger partial charge on any atom is 0.240 e. The molecule has 2 amide bonds. The van der Waals surface area contributed by atoms with Crippen molar-refractivity contribution >= 4 is 46.0 Å². The molecule has 24 heavy (non-hydrogen) atoms. The third kappa shape index (κ3) is 5.14. The van der Waals surface area contributed by atoms with Gasteiger partial charge in [0.15, 0.2) is 5.17 Å². The van der Waals surface area contributed by atoms with Crippen molar-refractivity contribution < 1.29 is 14.3 Å². The molecule has 1 aromatic carbocycles. The Bertz CT molecular complexity index is 651. The summed E-state index contributed by atoms with van der Waals surface area (Å²) in [5.41, 5.74) is 0.482. The molecule has 1 heterocycles. The van der Waals surface area contributed by atoms with Crippen LogP contribution >= 0.6 is 23.4 Å². The molecule has 1 aliphatic heterocycles. The number of amidine groups is 1. The number of amides is 2. The minimum Gasteiger partial charge on any atom is -0.495 e. The fraction of sp³-hybridized carbons (Fsp3) is 0.438. The van der Waals surface area contributed by atoms with Gasteiger partial charge in [0.1, 0.15) is 11.0 Å². The highest BCUT2D eigenvalue weighted by atomic mass is 35.5. The predicted molar refractivity (Wildman–Crippen MR) is 98.0 cm³/mol. The number of benzene rings is 1. The van der Waals surface area contributed by atoms with Crippen molar-refractivity contribution in [3.63, 3.8) is 0 Å². The van der Waals surface area contributed by atoms with Crippen molar-refractivity contribution in [1.29, 1.82) is 0 Å². The summed E-state index contributed by atoms with van der Waals surface area (Å²) in [5, 5.41) is 6.05. The number of nitrogens with one attached hydrogen (secondary N) is 2. The lowest BCUT2D eigenvalue weighted by atomic mass is 10.2. The van der Waals surface area contributed by atoms with Crippen LogP contribution in [0.25, 0.3) is 0 Å². The summed E-state index contributed by atoms with van der Waals surface area (Å²) in [6.07, 6.45) is 2.07. The van der Waals surface area contributed by atoms with Gasteiger partial charge >= 0.3 is 0 Å². The van der Waals surface area contributed by atoms with Crippen LogP contribution in [0.3, 0.4) is 0 Å². The van der Waals surface area contributed by atoms with Crippen molar-refractivity contribution in [1.82, 2.24) is 5.32 Å². The second-order valence-corrected chi connectivity index (χ2v) is 6.86. The third-order valence-electron chi connectivity index (χ3n) is 3.35. The molecule has 0 radical (unpaired) electrons. The molecule has 2 N–H and O–H groups in total. The first kappa shape index (κ1) is 18.6. The molecule has 0 aromatic heterocycles. The number of anilines is 1. The highest BCUT2D eigenvalue weighted by molar-refractivity contribution is 8.15. The molecule has 1 unspecified atom stereocenters. The molecule has 0 aliphatic carbocycles.